The molecule has 77 valence electrons. The van der Waals surface area contributed by atoms with Crippen molar-refractivity contribution < 1.29 is 17.1 Å². The maximum Gasteiger partial charge on any atom is 0 e. The Bertz CT molecular complexity index is 311. The Labute approximate surface area is 96.1 Å². The summed E-state index contributed by atoms with van der Waals surface area (Å²) < 4.78 is 0. The third-order valence-electron chi connectivity index (χ3n) is 1.83. The Morgan fingerprint density at radius 2 is 2.29 bits per heavy atom. The molecule has 0 bridgehead atoms. The Kier molecular flexibility index (Phi) is 5.51. The Morgan fingerprint density at radius 3 is 2.71 bits per heavy atom. The zero-order chi connectivity index (χ0) is 9.84. The minimum atomic E-state index is 0. The van der Waals surface area contributed by atoms with Gasteiger partial charge in [0.05, 0.1) is 0 Å². The van der Waals surface area contributed by atoms with Gasteiger partial charge < -0.3 is 10.7 Å². The number of nitrogens with two attached hydrogens (primary N) is 1. The summed E-state index contributed by atoms with van der Waals surface area (Å²) in [5.41, 5.74) is 9.45. The molecular formula is C11H15MnN2-. The summed E-state index contributed by atoms with van der Waals surface area (Å²) in [5.74, 6) is 0. The molecule has 0 aromatic heterocycles. The van der Waals surface area contributed by atoms with Gasteiger partial charge in [0.25, 0.3) is 0 Å². The summed E-state index contributed by atoms with van der Waals surface area (Å²) in [5, 5.41) is 0. The van der Waals surface area contributed by atoms with Crippen LogP contribution in [0.2, 0.25) is 0 Å². The van der Waals surface area contributed by atoms with E-state index in [9.17, 15) is 0 Å². The van der Waals surface area contributed by atoms with Gasteiger partial charge in [-0.25, -0.2) is 0 Å². The van der Waals surface area contributed by atoms with Crippen molar-refractivity contribution >= 4 is 5.71 Å². The summed E-state index contributed by atoms with van der Waals surface area (Å²) in [4.78, 5) is 4.41. The monoisotopic (exact) mass is 230 g/mol. The van der Waals surface area contributed by atoms with Crippen LogP contribution in [0.1, 0.15) is 26.7 Å². The van der Waals surface area contributed by atoms with E-state index in [2.05, 4.69) is 24.6 Å². The van der Waals surface area contributed by atoms with E-state index in [1.807, 2.05) is 6.92 Å². The predicted molar refractivity (Wildman–Crippen MR) is 56.2 cm³/mol. The standard InChI is InChI=1S/C11H15N2.Mn/c1-4-10-6-9(7-12)11(13-10)5-8(2)3;/h7H,2,4-5,12H2,1,3H3;/q-1;. The van der Waals surface area contributed by atoms with Crippen LogP contribution in [0.5, 0.6) is 0 Å². The van der Waals surface area contributed by atoms with Crippen molar-refractivity contribution in [3.63, 3.8) is 0 Å². The normalized spacial score (nSPS) is 17.4. The number of hydrogen-bond acceptors (Lipinski definition) is 2. The van der Waals surface area contributed by atoms with Gasteiger partial charge in [0.2, 0.25) is 0 Å². The first-order chi connectivity index (χ1) is 6.17. The zero-order valence-electron chi connectivity index (χ0n) is 8.60. The number of nitrogens with zero attached hydrogens (tertiary/aromatic N) is 1. The van der Waals surface area contributed by atoms with Crippen LogP contribution in [-0.4, -0.2) is 5.71 Å². The Hall–Kier alpha value is -0.791. The maximum absolute atomic E-state index is 5.47. The molecule has 0 atom stereocenters. The second kappa shape index (κ2) is 5.84. The zero-order valence-corrected chi connectivity index (χ0v) is 9.78. The van der Waals surface area contributed by atoms with E-state index in [0.717, 1.165) is 35.4 Å². The van der Waals surface area contributed by atoms with Crippen molar-refractivity contribution in [1.82, 2.24) is 0 Å². The van der Waals surface area contributed by atoms with E-state index in [4.69, 9.17) is 5.73 Å². The average molecular weight is 230 g/mol. The molecule has 2 N–H and O–H groups in total. The summed E-state index contributed by atoms with van der Waals surface area (Å²) in [7, 11) is 0. The molecule has 0 saturated heterocycles. The van der Waals surface area contributed by atoms with E-state index >= 15 is 0 Å². The van der Waals surface area contributed by atoms with Crippen molar-refractivity contribution in [1.29, 1.82) is 0 Å². The third-order valence-corrected chi connectivity index (χ3v) is 1.83. The summed E-state index contributed by atoms with van der Waals surface area (Å²) >= 11 is 0. The molecule has 3 heteroatoms. The quantitative estimate of drug-likeness (QED) is 0.451. The fourth-order valence-corrected chi connectivity index (χ4v) is 1.20. The molecule has 1 aliphatic heterocycles. The van der Waals surface area contributed by atoms with Gasteiger partial charge in [0.1, 0.15) is 0 Å². The molecule has 1 radical (unpaired) electrons. The molecule has 0 amide bonds. The van der Waals surface area contributed by atoms with E-state index in [0.29, 0.717) is 0 Å². The second-order valence-electron chi connectivity index (χ2n) is 3.20. The van der Waals surface area contributed by atoms with Crippen molar-refractivity contribution in [2.45, 2.75) is 26.7 Å². The van der Waals surface area contributed by atoms with Gasteiger partial charge in [-0.2, -0.15) is 11.6 Å². The van der Waals surface area contributed by atoms with Crippen LogP contribution >= 0.6 is 0 Å². The van der Waals surface area contributed by atoms with Crippen LogP contribution in [-0.2, 0) is 17.1 Å². The molecule has 1 heterocycles. The van der Waals surface area contributed by atoms with Crippen LogP contribution in [0.4, 0.5) is 0 Å². The molecule has 2 nitrogen and oxygen atoms in total. The van der Waals surface area contributed by atoms with Crippen molar-refractivity contribution in [3.05, 3.63) is 35.7 Å². The molecular weight excluding hydrogens is 215 g/mol. The molecule has 0 saturated carbocycles. The first kappa shape index (κ1) is 13.2. The van der Waals surface area contributed by atoms with Gasteiger partial charge >= 0.3 is 0 Å². The Morgan fingerprint density at radius 1 is 1.64 bits per heavy atom. The fraction of sp³-hybridized carbons (Fsp3) is 0.364. The van der Waals surface area contributed by atoms with Gasteiger partial charge in [0, 0.05) is 17.1 Å². The van der Waals surface area contributed by atoms with Crippen LogP contribution in [0.25, 0.3) is 0 Å². The van der Waals surface area contributed by atoms with Gasteiger partial charge in [-0.3, -0.25) is 0 Å². The molecule has 0 aliphatic carbocycles. The molecule has 14 heavy (non-hydrogen) atoms. The predicted octanol–water partition coefficient (Wildman–Crippen LogP) is 2.34. The van der Waals surface area contributed by atoms with Crippen LogP contribution in [0.15, 0.2) is 34.6 Å². The number of rotatable bonds is 3. The molecule has 0 spiro atoms. The third kappa shape index (κ3) is 3.17. The fourth-order valence-electron chi connectivity index (χ4n) is 1.20. The van der Waals surface area contributed by atoms with Crippen molar-refractivity contribution in [3.8, 4) is 0 Å². The maximum atomic E-state index is 5.47. The molecule has 0 aromatic rings. The van der Waals surface area contributed by atoms with Crippen molar-refractivity contribution in [2.24, 2.45) is 10.7 Å². The van der Waals surface area contributed by atoms with E-state index in [1.54, 1.807) is 6.20 Å². The molecule has 0 unspecified atom stereocenters. The molecule has 1 rings (SSSR count). The van der Waals surface area contributed by atoms with Crippen LogP contribution in [0, 0.1) is 6.08 Å². The molecule has 0 fully saturated rings. The van der Waals surface area contributed by atoms with Gasteiger partial charge in [0.15, 0.2) is 0 Å². The van der Waals surface area contributed by atoms with E-state index in [1.165, 1.54) is 0 Å². The number of aliphatic imine (C=N–C) groups is 1. The van der Waals surface area contributed by atoms with E-state index in [-0.39, 0.29) is 17.1 Å². The topological polar surface area (TPSA) is 38.4 Å². The SMILES string of the molecule is C=C(C)CC1=NC(CC)=[C-]C1=CN.[Mn]. The minimum absolute atomic E-state index is 0. The second-order valence-corrected chi connectivity index (χ2v) is 3.20. The summed E-state index contributed by atoms with van der Waals surface area (Å²) in [6.07, 6.45) is 6.40. The van der Waals surface area contributed by atoms with E-state index < -0.39 is 0 Å². The average Bonchev–Trinajstić information content (AvgIpc) is 2.46. The number of allylic oxidation sites excluding steroid dienone is 4. The van der Waals surface area contributed by atoms with Crippen molar-refractivity contribution in [2.75, 3.05) is 0 Å². The smallest absolute Gasteiger partial charge is 0 e. The van der Waals surface area contributed by atoms with Gasteiger partial charge in [-0.15, -0.1) is 12.8 Å². The first-order valence-corrected chi connectivity index (χ1v) is 4.44. The molecule has 1 aliphatic rings. The first-order valence-electron chi connectivity index (χ1n) is 4.44. The number of hydrogen-bond donors (Lipinski definition) is 1. The van der Waals surface area contributed by atoms with Gasteiger partial charge in [-0.05, 0) is 25.5 Å². The largest absolute Gasteiger partial charge is 0.455 e. The molecule has 0 aromatic carbocycles. The van der Waals surface area contributed by atoms with Gasteiger partial charge in [-0.1, -0.05) is 18.2 Å². The summed E-state index contributed by atoms with van der Waals surface area (Å²) in [6, 6.07) is 0. The Balaban J connectivity index is 0.00000169. The minimum Gasteiger partial charge on any atom is -0.455 e. The van der Waals surface area contributed by atoms with Crippen LogP contribution < -0.4 is 5.73 Å². The summed E-state index contributed by atoms with van der Waals surface area (Å²) in [6.45, 7) is 7.90. The van der Waals surface area contributed by atoms with Crippen LogP contribution in [0.3, 0.4) is 0 Å².